The van der Waals surface area contributed by atoms with Crippen molar-refractivity contribution in [2.75, 3.05) is 41.5 Å². The average Bonchev–Trinajstić information content (AvgIpc) is 3.65. The monoisotopic (exact) mass is 790 g/mol. The van der Waals surface area contributed by atoms with E-state index in [1.54, 1.807) is 37.6 Å². The zero-order valence-electron chi connectivity index (χ0n) is 36.1. The Morgan fingerprint density at radius 1 is 0.875 bits per heavy atom. The summed E-state index contributed by atoms with van der Waals surface area (Å²) in [5, 5.41) is 16.7. The molecule has 5 amide bonds. The molecule has 1 aromatic rings. The van der Waals surface area contributed by atoms with E-state index in [-0.39, 0.29) is 54.5 Å². The number of methoxy groups -OCH3 is 2. The van der Waals surface area contributed by atoms with Crippen LogP contribution in [-0.2, 0) is 33.4 Å². The van der Waals surface area contributed by atoms with E-state index >= 15 is 0 Å². The largest absolute Gasteiger partial charge is 0.450 e. The number of benzene rings is 1. The number of aliphatic hydroxyl groups excluding tert-OH is 1. The van der Waals surface area contributed by atoms with Crippen LogP contribution in [-0.4, -0.2) is 133 Å². The third-order valence-electron chi connectivity index (χ3n) is 11.3. The van der Waals surface area contributed by atoms with Crippen molar-refractivity contribution in [1.29, 1.82) is 0 Å². The van der Waals surface area contributed by atoms with Crippen LogP contribution in [0.3, 0.4) is 0 Å². The van der Waals surface area contributed by atoms with Gasteiger partial charge in [-0.25, -0.2) is 4.79 Å². The SMILES string of the molecule is CCOC(=O)N(C)[C@H](C(=O)N[C@H](C(=O)N(C)[C@@H](C(C)CC)[C@@H](CC(=O)N1CCC[C@H]1[C@H](OC)[C@@H](C)C(=O)N[C@H](C)[C@@H](O)c1ccccc1)OC)C(C)C)C(C)C. The molecule has 1 aliphatic heterocycles. The number of nitrogens with zero attached hydrogens (tertiary/aromatic N) is 3. The number of rotatable bonds is 21. The molecule has 0 bridgehead atoms. The molecule has 1 aliphatic rings. The van der Waals surface area contributed by atoms with Crippen LogP contribution in [0.15, 0.2) is 30.3 Å². The molecule has 2 rings (SSSR count). The number of hydrogen-bond donors (Lipinski definition) is 3. The first-order chi connectivity index (χ1) is 26.4. The second kappa shape index (κ2) is 22.9. The fraction of sp³-hybridized carbons (Fsp3) is 0.738. The molecule has 0 aromatic heterocycles. The summed E-state index contributed by atoms with van der Waals surface area (Å²) in [6.07, 6.45) is -0.757. The van der Waals surface area contributed by atoms with Gasteiger partial charge in [-0.2, -0.15) is 0 Å². The highest BCUT2D eigenvalue weighted by molar-refractivity contribution is 5.91. The summed E-state index contributed by atoms with van der Waals surface area (Å²) in [7, 11) is 6.26. The Balaban J connectivity index is 2.28. The Morgan fingerprint density at radius 2 is 1.50 bits per heavy atom. The summed E-state index contributed by atoms with van der Waals surface area (Å²) in [6, 6.07) is 5.90. The first-order valence-corrected chi connectivity index (χ1v) is 20.2. The molecule has 14 heteroatoms. The summed E-state index contributed by atoms with van der Waals surface area (Å²) in [5.74, 6) is -2.53. The molecule has 1 saturated heterocycles. The third kappa shape index (κ3) is 12.4. The summed E-state index contributed by atoms with van der Waals surface area (Å²) in [5.41, 5.74) is 0.697. The van der Waals surface area contributed by atoms with Gasteiger partial charge in [-0.15, -0.1) is 0 Å². The molecule has 0 radical (unpaired) electrons. The zero-order valence-corrected chi connectivity index (χ0v) is 36.1. The minimum atomic E-state index is -0.918. The summed E-state index contributed by atoms with van der Waals surface area (Å²) < 4.78 is 17.1. The lowest BCUT2D eigenvalue weighted by atomic mass is 9.89. The van der Waals surface area contributed by atoms with E-state index in [0.29, 0.717) is 24.9 Å². The highest BCUT2D eigenvalue weighted by atomic mass is 16.6. The lowest BCUT2D eigenvalue weighted by molar-refractivity contribution is -0.148. The van der Waals surface area contributed by atoms with Crippen molar-refractivity contribution >= 4 is 29.7 Å². The van der Waals surface area contributed by atoms with Crippen LogP contribution in [0.25, 0.3) is 0 Å². The highest BCUT2D eigenvalue weighted by Gasteiger charge is 2.43. The van der Waals surface area contributed by atoms with E-state index in [2.05, 4.69) is 10.6 Å². The number of carbonyl (C=O) groups is 5. The van der Waals surface area contributed by atoms with Gasteiger partial charge in [-0.1, -0.05) is 85.2 Å². The Kier molecular flexibility index (Phi) is 19.8. The van der Waals surface area contributed by atoms with Gasteiger partial charge >= 0.3 is 6.09 Å². The van der Waals surface area contributed by atoms with Crippen LogP contribution >= 0.6 is 0 Å². The van der Waals surface area contributed by atoms with Crippen molar-refractivity contribution < 1.29 is 43.3 Å². The maximum atomic E-state index is 14.3. The number of nitrogens with one attached hydrogen (secondary N) is 2. The standard InChI is InChI=1S/C42H71N5O9/c1-14-27(7)36(45(10)41(52)34(25(3)4)44-40(51)35(26(5)6)46(11)42(53)56-15-2)32(54-12)24-33(48)47-23-19-22-31(47)38(55-13)28(8)39(50)43-29(9)37(49)30-20-17-16-18-21-30/h16-18,20-21,25-29,31-32,34-38,49H,14-15,19,22-24H2,1-13H3,(H,43,50)(H,44,51)/t27?,28-,29-,31+,32-,34+,35+,36+,37-,38-/m1/s1. The fourth-order valence-corrected chi connectivity index (χ4v) is 7.92. The third-order valence-corrected chi connectivity index (χ3v) is 11.3. The summed E-state index contributed by atoms with van der Waals surface area (Å²) in [4.78, 5) is 72.9. The number of likely N-dealkylation sites (N-methyl/N-ethyl adjacent to an activating group) is 2. The van der Waals surface area contributed by atoms with Crippen molar-refractivity contribution in [3.05, 3.63) is 35.9 Å². The number of ether oxygens (including phenoxy) is 3. The highest BCUT2D eigenvalue weighted by Crippen LogP contribution is 2.30. The molecule has 1 aromatic carbocycles. The van der Waals surface area contributed by atoms with Crippen LogP contribution in [0.4, 0.5) is 4.79 Å². The normalized spacial score (nSPS) is 19.2. The van der Waals surface area contributed by atoms with Gasteiger partial charge in [0.1, 0.15) is 12.1 Å². The number of hydrogen-bond acceptors (Lipinski definition) is 9. The van der Waals surface area contributed by atoms with E-state index in [0.717, 1.165) is 6.42 Å². The van der Waals surface area contributed by atoms with Crippen LogP contribution in [0, 0.1) is 23.7 Å². The van der Waals surface area contributed by atoms with Gasteiger partial charge in [0.05, 0.1) is 55.4 Å². The van der Waals surface area contributed by atoms with E-state index in [1.165, 1.54) is 26.2 Å². The molecule has 1 fully saturated rings. The van der Waals surface area contributed by atoms with Gasteiger partial charge in [-0.05, 0) is 50.0 Å². The first kappa shape index (κ1) is 48.4. The summed E-state index contributed by atoms with van der Waals surface area (Å²) >= 11 is 0. The molecule has 14 nitrogen and oxygen atoms in total. The van der Waals surface area contributed by atoms with Crippen molar-refractivity contribution in [3.8, 4) is 0 Å². The Bertz CT molecular complexity index is 1410. The fourth-order valence-electron chi connectivity index (χ4n) is 7.92. The molecule has 0 saturated carbocycles. The second-order valence-corrected chi connectivity index (χ2v) is 16.0. The van der Waals surface area contributed by atoms with Crippen molar-refractivity contribution in [2.24, 2.45) is 23.7 Å². The quantitative estimate of drug-likeness (QED) is 0.164. The first-order valence-electron chi connectivity index (χ1n) is 20.2. The molecule has 1 unspecified atom stereocenters. The predicted molar refractivity (Wildman–Crippen MR) is 215 cm³/mol. The minimum absolute atomic E-state index is 0.0184. The lowest BCUT2D eigenvalue weighted by Gasteiger charge is -2.41. The van der Waals surface area contributed by atoms with E-state index < -0.39 is 60.4 Å². The Hall–Kier alpha value is -3.75. The molecular weight excluding hydrogens is 718 g/mol. The number of carbonyl (C=O) groups excluding carboxylic acids is 5. The van der Waals surface area contributed by atoms with Gasteiger partial charge in [0.25, 0.3) is 0 Å². The molecule has 10 atom stereocenters. The Labute approximate surface area is 335 Å². The van der Waals surface area contributed by atoms with Gasteiger partial charge < -0.3 is 39.8 Å². The van der Waals surface area contributed by atoms with Gasteiger partial charge in [0.2, 0.25) is 23.6 Å². The smallest absolute Gasteiger partial charge is 0.410 e. The van der Waals surface area contributed by atoms with Gasteiger partial charge in [-0.3, -0.25) is 24.1 Å². The van der Waals surface area contributed by atoms with E-state index in [9.17, 15) is 29.1 Å². The topological polar surface area (TPSA) is 167 Å². The van der Waals surface area contributed by atoms with Crippen LogP contribution in [0.1, 0.15) is 99.7 Å². The molecule has 0 spiro atoms. The van der Waals surface area contributed by atoms with Crippen molar-refractivity contribution in [1.82, 2.24) is 25.3 Å². The van der Waals surface area contributed by atoms with Gasteiger partial charge in [0.15, 0.2) is 0 Å². The number of likely N-dealkylation sites (tertiary alicyclic amines) is 1. The average molecular weight is 790 g/mol. The molecule has 318 valence electrons. The lowest BCUT2D eigenvalue weighted by Crippen LogP contribution is -2.60. The van der Waals surface area contributed by atoms with E-state index in [1.807, 2.05) is 71.9 Å². The van der Waals surface area contributed by atoms with Crippen LogP contribution in [0.2, 0.25) is 0 Å². The second-order valence-electron chi connectivity index (χ2n) is 16.0. The van der Waals surface area contributed by atoms with Crippen molar-refractivity contribution in [2.45, 2.75) is 137 Å². The summed E-state index contributed by atoms with van der Waals surface area (Å²) in [6.45, 7) is 17.2. The maximum absolute atomic E-state index is 14.3. The zero-order chi connectivity index (χ0) is 42.4. The van der Waals surface area contributed by atoms with Crippen LogP contribution in [0.5, 0.6) is 0 Å². The molecule has 56 heavy (non-hydrogen) atoms. The molecule has 1 heterocycles. The number of aliphatic hydroxyl groups is 1. The Morgan fingerprint density at radius 3 is 2.02 bits per heavy atom. The van der Waals surface area contributed by atoms with Gasteiger partial charge in [0, 0.05) is 34.9 Å². The van der Waals surface area contributed by atoms with E-state index in [4.69, 9.17) is 14.2 Å². The maximum Gasteiger partial charge on any atom is 0.410 e. The predicted octanol–water partition coefficient (Wildman–Crippen LogP) is 4.40. The molecule has 3 N–H and O–H groups in total. The van der Waals surface area contributed by atoms with Crippen LogP contribution < -0.4 is 10.6 Å². The number of amides is 5. The minimum Gasteiger partial charge on any atom is -0.450 e. The molecular formula is C42H71N5O9. The molecule has 0 aliphatic carbocycles. The van der Waals surface area contributed by atoms with Crippen molar-refractivity contribution in [3.63, 3.8) is 0 Å².